The molecule has 2 rings (SSSR count). The molecule has 1 fully saturated rings. The Kier molecular flexibility index (Phi) is 4.10. The lowest BCUT2D eigenvalue weighted by Gasteiger charge is -2.42. The normalized spacial score (nSPS) is 23.4. The van der Waals surface area contributed by atoms with Gasteiger partial charge < -0.3 is 15.3 Å². The molecule has 2 atom stereocenters. The molecule has 4 heteroatoms. The van der Waals surface area contributed by atoms with Gasteiger partial charge in [-0.2, -0.15) is 0 Å². The summed E-state index contributed by atoms with van der Waals surface area (Å²) in [5, 5.41) is 12.1. The van der Waals surface area contributed by atoms with Gasteiger partial charge in [-0.1, -0.05) is 17.7 Å². The van der Waals surface area contributed by atoms with Crippen molar-refractivity contribution in [1.82, 2.24) is 5.32 Å². The van der Waals surface area contributed by atoms with Crippen molar-refractivity contribution in [3.05, 3.63) is 29.3 Å². The molecule has 0 bridgehead atoms. The van der Waals surface area contributed by atoms with Crippen molar-refractivity contribution in [2.75, 3.05) is 18.1 Å². The Morgan fingerprint density at radius 2 is 2.16 bits per heavy atom. The summed E-state index contributed by atoms with van der Waals surface area (Å²) in [5.74, 6) is 0.00660. The highest BCUT2D eigenvalue weighted by atomic mass is 16.3. The first-order valence-electron chi connectivity index (χ1n) is 6.78. The van der Waals surface area contributed by atoms with Crippen LogP contribution >= 0.6 is 0 Å². The smallest absolute Gasteiger partial charge is 0.242 e. The van der Waals surface area contributed by atoms with Crippen LogP contribution in [0, 0.1) is 13.8 Å². The van der Waals surface area contributed by atoms with Gasteiger partial charge in [-0.05, 0) is 38.8 Å². The summed E-state index contributed by atoms with van der Waals surface area (Å²) in [4.78, 5) is 14.2. The Morgan fingerprint density at radius 3 is 2.79 bits per heavy atom. The number of rotatable bonds is 3. The van der Waals surface area contributed by atoms with Crippen LogP contribution in [0.15, 0.2) is 18.2 Å². The van der Waals surface area contributed by atoms with E-state index in [0.29, 0.717) is 13.0 Å². The predicted molar refractivity (Wildman–Crippen MR) is 76.4 cm³/mol. The summed E-state index contributed by atoms with van der Waals surface area (Å²) in [6.45, 7) is 6.90. The van der Waals surface area contributed by atoms with E-state index in [4.69, 9.17) is 0 Å². The van der Waals surface area contributed by atoms with E-state index in [2.05, 4.69) is 49.2 Å². The summed E-state index contributed by atoms with van der Waals surface area (Å²) in [6.07, 6.45) is 0.462. The number of aliphatic hydroxyl groups excluding tert-OH is 1. The molecule has 2 N–H and O–H groups in total. The van der Waals surface area contributed by atoms with Crippen molar-refractivity contribution in [3.63, 3.8) is 0 Å². The van der Waals surface area contributed by atoms with Gasteiger partial charge in [0.15, 0.2) is 0 Å². The van der Waals surface area contributed by atoms with Crippen LogP contribution in [0.1, 0.15) is 24.5 Å². The van der Waals surface area contributed by atoms with Crippen molar-refractivity contribution >= 4 is 11.6 Å². The molecule has 2 unspecified atom stereocenters. The van der Waals surface area contributed by atoms with Crippen LogP contribution in [-0.2, 0) is 4.79 Å². The van der Waals surface area contributed by atoms with Gasteiger partial charge in [0.25, 0.3) is 0 Å². The first kappa shape index (κ1) is 13.9. The molecular formula is C15H22N2O2. The van der Waals surface area contributed by atoms with Crippen LogP contribution in [-0.4, -0.2) is 36.2 Å². The Bertz CT molecular complexity index is 473. The minimum Gasteiger partial charge on any atom is -0.396 e. The summed E-state index contributed by atoms with van der Waals surface area (Å²) >= 11 is 0. The molecule has 0 spiro atoms. The third-order valence-electron chi connectivity index (χ3n) is 3.72. The molecule has 1 aromatic carbocycles. The van der Waals surface area contributed by atoms with Crippen molar-refractivity contribution in [3.8, 4) is 0 Å². The standard InChI is InChI=1S/C15H22N2O2/c1-10-4-5-13(11(2)8-10)17-12(3)9-16-15(19)14(17)6-7-18/h4-5,8,12,14,18H,6-7,9H2,1-3H3,(H,16,19). The number of aliphatic hydroxyl groups is 1. The number of nitrogens with zero attached hydrogens (tertiary/aromatic N) is 1. The molecule has 1 heterocycles. The van der Waals surface area contributed by atoms with Crippen molar-refractivity contribution in [1.29, 1.82) is 0 Å². The van der Waals surface area contributed by atoms with E-state index in [1.807, 2.05) is 0 Å². The molecule has 0 aromatic heterocycles. The number of benzene rings is 1. The van der Waals surface area contributed by atoms with E-state index >= 15 is 0 Å². The van der Waals surface area contributed by atoms with Gasteiger partial charge in [-0.3, -0.25) is 4.79 Å². The maximum atomic E-state index is 12.0. The third kappa shape index (κ3) is 2.73. The molecule has 0 radical (unpaired) electrons. The Labute approximate surface area is 114 Å². The van der Waals surface area contributed by atoms with Gasteiger partial charge in [-0.25, -0.2) is 0 Å². The number of amides is 1. The van der Waals surface area contributed by atoms with E-state index in [0.717, 1.165) is 5.69 Å². The lowest BCUT2D eigenvalue weighted by atomic mass is 10.0. The van der Waals surface area contributed by atoms with Gasteiger partial charge in [0, 0.05) is 24.9 Å². The largest absolute Gasteiger partial charge is 0.396 e. The van der Waals surface area contributed by atoms with E-state index in [1.165, 1.54) is 11.1 Å². The molecule has 1 aliphatic rings. The fourth-order valence-electron chi connectivity index (χ4n) is 2.79. The average Bonchev–Trinajstić information content (AvgIpc) is 2.36. The lowest BCUT2D eigenvalue weighted by molar-refractivity contribution is -0.124. The summed E-state index contributed by atoms with van der Waals surface area (Å²) in [7, 11) is 0. The monoisotopic (exact) mass is 262 g/mol. The second kappa shape index (κ2) is 5.61. The second-order valence-electron chi connectivity index (χ2n) is 5.32. The number of piperazine rings is 1. The highest BCUT2D eigenvalue weighted by molar-refractivity contribution is 5.87. The predicted octanol–water partition coefficient (Wildman–Crippen LogP) is 1.38. The quantitative estimate of drug-likeness (QED) is 0.865. The molecule has 4 nitrogen and oxygen atoms in total. The van der Waals surface area contributed by atoms with E-state index < -0.39 is 0 Å². The molecule has 1 amide bonds. The average molecular weight is 262 g/mol. The van der Waals surface area contributed by atoms with Crippen molar-refractivity contribution in [2.45, 2.75) is 39.3 Å². The number of carbonyl (C=O) groups is 1. The summed E-state index contributed by atoms with van der Waals surface area (Å²) in [6, 6.07) is 6.22. The summed E-state index contributed by atoms with van der Waals surface area (Å²) < 4.78 is 0. The first-order valence-corrected chi connectivity index (χ1v) is 6.78. The molecule has 1 aliphatic heterocycles. The van der Waals surface area contributed by atoms with Gasteiger partial charge in [0.2, 0.25) is 5.91 Å². The van der Waals surface area contributed by atoms with Crippen LogP contribution < -0.4 is 10.2 Å². The molecule has 0 aliphatic carbocycles. The number of nitrogens with one attached hydrogen (secondary N) is 1. The molecule has 1 saturated heterocycles. The lowest BCUT2D eigenvalue weighted by Crippen LogP contribution is -2.60. The van der Waals surface area contributed by atoms with Gasteiger partial charge in [0.1, 0.15) is 6.04 Å². The van der Waals surface area contributed by atoms with Crippen LogP contribution in [0.25, 0.3) is 0 Å². The molecule has 104 valence electrons. The summed E-state index contributed by atoms with van der Waals surface area (Å²) in [5.41, 5.74) is 3.48. The Morgan fingerprint density at radius 1 is 1.42 bits per heavy atom. The number of aryl methyl sites for hydroxylation is 2. The maximum absolute atomic E-state index is 12.0. The minimum absolute atomic E-state index is 0.00660. The van der Waals surface area contributed by atoms with E-state index in [-0.39, 0.29) is 24.6 Å². The Balaban J connectivity index is 2.39. The molecule has 19 heavy (non-hydrogen) atoms. The van der Waals surface area contributed by atoms with E-state index in [9.17, 15) is 9.90 Å². The minimum atomic E-state index is -0.282. The van der Waals surface area contributed by atoms with Crippen LogP contribution in [0.2, 0.25) is 0 Å². The van der Waals surface area contributed by atoms with Gasteiger partial charge in [0.05, 0.1) is 0 Å². The number of hydrogen-bond acceptors (Lipinski definition) is 3. The number of hydrogen-bond donors (Lipinski definition) is 2. The molecule has 1 aromatic rings. The van der Waals surface area contributed by atoms with Crippen LogP contribution in [0.5, 0.6) is 0 Å². The SMILES string of the molecule is Cc1ccc(N2C(C)CNC(=O)C2CCO)c(C)c1. The van der Waals surface area contributed by atoms with Crippen LogP contribution in [0.4, 0.5) is 5.69 Å². The fraction of sp³-hybridized carbons (Fsp3) is 0.533. The zero-order chi connectivity index (χ0) is 14.0. The van der Waals surface area contributed by atoms with Gasteiger partial charge >= 0.3 is 0 Å². The topological polar surface area (TPSA) is 52.6 Å². The number of carbonyl (C=O) groups excluding carboxylic acids is 1. The van der Waals surface area contributed by atoms with Gasteiger partial charge in [-0.15, -0.1) is 0 Å². The highest BCUT2D eigenvalue weighted by Gasteiger charge is 2.34. The van der Waals surface area contributed by atoms with Crippen molar-refractivity contribution in [2.24, 2.45) is 0 Å². The second-order valence-corrected chi connectivity index (χ2v) is 5.32. The number of anilines is 1. The molecular weight excluding hydrogens is 240 g/mol. The van der Waals surface area contributed by atoms with E-state index in [1.54, 1.807) is 0 Å². The van der Waals surface area contributed by atoms with Crippen molar-refractivity contribution < 1.29 is 9.90 Å². The maximum Gasteiger partial charge on any atom is 0.242 e. The highest BCUT2D eigenvalue weighted by Crippen LogP contribution is 2.28. The first-order chi connectivity index (χ1) is 9.04. The third-order valence-corrected chi connectivity index (χ3v) is 3.72. The molecule has 0 saturated carbocycles. The zero-order valence-corrected chi connectivity index (χ0v) is 11.8. The zero-order valence-electron chi connectivity index (χ0n) is 11.8. The van der Waals surface area contributed by atoms with Crippen LogP contribution in [0.3, 0.4) is 0 Å². The Hall–Kier alpha value is -1.55. The fourth-order valence-corrected chi connectivity index (χ4v) is 2.79.